The largest absolute Gasteiger partial charge is 0.350 e. The van der Waals surface area contributed by atoms with Crippen LogP contribution in [0, 0.1) is 11.7 Å². The van der Waals surface area contributed by atoms with Crippen LogP contribution in [0.15, 0.2) is 30.6 Å². The van der Waals surface area contributed by atoms with Gasteiger partial charge in [0.15, 0.2) is 5.78 Å². The van der Waals surface area contributed by atoms with Crippen LogP contribution in [0.5, 0.6) is 0 Å². The molecule has 11 nitrogen and oxygen atoms in total. The number of hydrogen-bond donors (Lipinski definition) is 3. The van der Waals surface area contributed by atoms with Gasteiger partial charge in [0.05, 0.1) is 17.0 Å². The second-order valence-electron chi connectivity index (χ2n) is 9.31. The number of fused-ring (bicyclic) bond motifs is 1. The number of aromatic nitrogens is 4. The summed E-state index contributed by atoms with van der Waals surface area (Å²) in [7, 11) is 0. The number of hydrogen-bond acceptors (Lipinski definition) is 7. The molecule has 1 saturated carbocycles. The van der Waals surface area contributed by atoms with Crippen LogP contribution in [-0.2, 0) is 16.1 Å². The van der Waals surface area contributed by atoms with Gasteiger partial charge in [0.25, 0.3) is 17.6 Å². The molecule has 0 radical (unpaired) electrons. The molecular formula is C24H23ClFN7O4. The van der Waals surface area contributed by atoms with Crippen LogP contribution < -0.4 is 16.0 Å². The van der Waals surface area contributed by atoms with E-state index in [2.05, 4.69) is 31.0 Å². The predicted molar refractivity (Wildman–Crippen MR) is 128 cm³/mol. The topological polar surface area (TPSA) is 147 Å². The first-order chi connectivity index (χ1) is 17.7. The summed E-state index contributed by atoms with van der Waals surface area (Å²) < 4.78 is 14.6. The Morgan fingerprint density at radius 2 is 1.95 bits per heavy atom. The molecule has 0 unspecified atom stereocenters. The predicted octanol–water partition coefficient (Wildman–Crippen LogP) is 1.59. The molecule has 3 amide bonds. The minimum atomic E-state index is -0.753. The van der Waals surface area contributed by atoms with Crippen LogP contribution in [0.1, 0.15) is 58.6 Å². The van der Waals surface area contributed by atoms with Crippen LogP contribution in [0.4, 0.5) is 4.39 Å². The second kappa shape index (κ2) is 9.85. The molecule has 5 rings (SSSR count). The lowest BCUT2D eigenvalue weighted by atomic mass is 9.75. The molecule has 3 heterocycles. The third-order valence-corrected chi connectivity index (χ3v) is 7.19. The van der Waals surface area contributed by atoms with Crippen molar-refractivity contribution in [1.82, 2.24) is 35.5 Å². The van der Waals surface area contributed by atoms with Crippen molar-refractivity contribution in [3.63, 3.8) is 0 Å². The number of halogens is 2. The molecular weight excluding hydrogens is 505 g/mol. The van der Waals surface area contributed by atoms with E-state index in [1.54, 1.807) is 0 Å². The van der Waals surface area contributed by atoms with E-state index >= 15 is 0 Å². The quantitative estimate of drug-likeness (QED) is 0.412. The van der Waals surface area contributed by atoms with Gasteiger partial charge in [-0.2, -0.15) is 14.6 Å². The molecule has 0 bridgehead atoms. The number of carbonyl (C=O) groups is 4. The van der Waals surface area contributed by atoms with Crippen molar-refractivity contribution in [2.24, 2.45) is 5.92 Å². The van der Waals surface area contributed by atoms with E-state index in [4.69, 9.17) is 11.6 Å². The molecule has 1 saturated heterocycles. The van der Waals surface area contributed by atoms with Gasteiger partial charge in [-0.25, -0.2) is 9.37 Å². The summed E-state index contributed by atoms with van der Waals surface area (Å²) in [5, 5.41) is 12.4. The lowest BCUT2D eigenvalue weighted by Gasteiger charge is -2.35. The van der Waals surface area contributed by atoms with Gasteiger partial charge in [0, 0.05) is 19.2 Å². The zero-order valence-electron chi connectivity index (χ0n) is 19.6. The van der Waals surface area contributed by atoms with Gasteiger partial charge >= 0.3 is 0 Å². The molecule has 1 aromatic carbocycles. The molecule has 1 aliphatic carbocycles. The number of ketones is 1. The van der Waals surface area contributed by atoms with Crippen molar-refractivity contribution in [3.8, 4) is 0 Å². The average Bonchev–Trinajstić information content (AvgIpc) is 3.47. The number of Topliss-reactive ketones (excluding diaryl/α,β-unsaturated/α-hetero) is 1. The van der Waals surface area contributed by atoms with E-state index < -0.39 is 23.2 Å². The molecule has 1 spiro atoms. The number of amides is 3. The van der Waals surface area contributed by atoms with Crippen LogP contribution >= 0.6 is 11.6 Å². The Balaban J connectivity index is 1.23. The standard InChI is InChI=1S/C24H23ClFN7O4/c25-15-7-14(1-2-16(15)26)11-27-21(36)17-8-18(33-23(31-17)29-12-30-33)22(37)28-10-13-3-5-24(6-4-13)19(34)9-20(35)32-24/h1-2,7-8,12-13H,3-6,9-11H2,(H,27,36)(H,28,37)(H,32,35). The van der Waals surface area contributed by atoms with Gasteiger partial charge in [-0.05, 0) is 49.3 Å². The highest BCUT2D eigenvalue weighted by Crippen LogP contribution is 2.36. The van der Waals surface area contributed by atoms with Crippen molar-refractivity contribution in [2.45, 2.75) is 44.2 Å². The Kier molecular flexibility index (Phi) is 6.59. The average molecular weight is 528 g/mol. The number of nitrogens with zero attached hydrogens (tertiary/aromatic N) is 4. The Labute approximate surface area is 215 Å². The summed E-state index contributed by atoms with van der Waals surface area (Å²) in [5.74, 6) is -1.64. The molecule has 0 atom stereocenters. The maximum absolute atomic E-state index is 13.4. The lowest BCUT2D eigenvalue weighted by molar-refractivity contribution is -0.124. The fraction of sp³-hybridized carbons (Fsp3) is 0.375. The van der Waals surface area contributed by atoms with E-state index in [0.717, 1.165) is 0 Å². The van der Waals surface area contributed by atoms with E-state index in [0.29, 0.717) is 37.8 Å². The smallest absolute Gasteiger partial charge is 0.270 e. The summed E-state index contributed by atoms with van der Waals surface area (Å²) in [6.07, 6.45) is 3.62. The molecule has 3 N–H and O–H groups in total. The van der Waals surface area contributed by atoms with Gasteiger partial charge in [-0.15, -0.1) is 0 Å². The summed E-state index contributed by atoms with van der Waals surface area (Å²) in [5.41, 5.74) is -0.108. The van der Waals surface area contributed by atoms with Crippen LogP contribution in [-0.4, -0.2) is 55.2 Å². The normalized spacial score (nSPS) is 21.3. The molecule has 3 aromatic rings. The molecule has 2 aromatic heterocycles. The molecule has 192 valence electrons. The number of benzene rings is 1. The minimum absolute atomic E-state index is 0.0334. The van der Waals surface area contributed by atoms with E-state index in [-0.39, 0.29) is 52.8 Å². The zero-order valence-corrected chi connectivity index (χ0v) is 20.3. The molecule has 1 aliphatic heterocycles. The van der Waals surface area contributed by atoms with Crippen LogP contribution in [0.3, 0.4) is 0 Å². The van der Waals surface area contributed by atoms with Crippen molar-refractivity contribution < 1.29 is 23.6 Å². The second-order valence-corrected chi connectivity index (χ2v) is 9.72. The minimum Gasteiger partial charge on any atom is -0.350 e. The first-order valence-corrected chi connectivity index (χ1v) is 12.2. The van der Waals surface area contributed by atoms with Crippen molar-refractivity contribution in [2.75, 3.05) is 6.54 Å². The van der Waals surface area contributed by atoms with Crippen LogP contribution in [0.2, 0.25) is 5.02 Å². The third-order valence-electron chi connectivity index (χ3n) is 6.90. The molecule has 2 aliphatic rings. The van der Waals surface area contributed by atoms with Gasteiger partial charge < -0.3 is 16.0 Å². The fourth-order valence-corrected chi connectivity index (χ4v) is 5.02. The van der Waals surface area contributed by atoms with Gasteiger partial charge in [0.2, 0.25) is 5.91 Å². The summed E-state index contributed by atoms with van der Waals surface area (Å²) in [6.45, 7) is 0.439. The number of nitrogens with one attached hydrogen (secondary N) is 3. The Bertz CT molecular complexity index is 1420. The van der Waals surface area contributed by atoms with Crippen molar-refractivity contribution in [3.05, 3.63) is 58.4 Å². The first kappa shape index (κ1) is 24.8. The highest BCUT2D eigenvalue weighted by atomic mass is 35.5. The Morgan fingerprint density at radius 3 is 2.65 bits per heavy atom. The van der Waals surface area contributed by atoms with E-state index in [1.807, 2.05) is 0 Å². The zero-order chi connectivity index (χ0) is 26.2. The van der Waals surface area contributed by atoms with Crippen LogP contribution in [0.25, 0.3) is 5.78 Å². The Morgan fingerprint density at radius 1 is 1.16 bits per heavy atom. The van der Waals surface area contributed by atoms with Gasteiger partial charge in [-0.3, -0.25) is 19.2 Å². The monoisotopic (exact) mass is 527 g/mol. The number of rotatable bonds is 6. The maximum Gasteiger partial charge on any atom is 0.270 e. The fourth-order valence-electron chi connectivity index (χ4n) is 4.81. The molecule has 13 heteroatoms. The highest BCUT2D eigenvalue weighted by molar-refractivity contribution is 6.30. The SMILES string of the molecule is O=C1CC(=O)C2(CCC(CNC(=O)c3cc(C(=O)NCc4ccc(F)c(Cl)c4)nc4ncnn34)CC2)N1. The van der Waals surface area contributed by atoms with E-state index in [1.165, 1.54) is 35.1 Å². The molecule has 2 fully saturated rings. The van der Waals surface area contributed by atoms with Gasteiger partial charge in [0.1, 0.15) is 23.5 Å². The maximum atomic E-state index is 13.4. The third kappa shape index (κ3) is 5.01. The van der Waals surface area contributed by atoms with Gasteiger partial charge in [-0.1, -0.05) is 17.7 Å². The lowest BCUT2D eigenvalue weighted by Crippen LogP contribution is -2.50. The Hall–Kier alpha value is -3.93. The first-order valence-electron chi connectivity index (χ1n) is 11.8. The summed E-state index contributed by atoms with van der Waals surface area (Å²) >= 11 is 5.79. The van der Waals surface area contributed by atoms with Crippen molar-refractivity contribution >= 4 is 40.9 Å². The summed E-state index contributed by atoms with van der Waals surface area (Å²) in [4.78, 5) is 57.8. The molecule has 37 heavy (non-hydrogen) atoms. The van der Waals surface area contributed by atoms with E-state index in [9.17, 15) is 23.6 Å². The highest BCUT2D eigenvalue weighted by Gasteiger charge is 2.47. The van der Waals surface area contributed by atoms with Crippen molar-refractivity contribution in [1.29, 1.82) is 0 Å². The summed E-state index contributed by atoms with van der Waals surface area (Å²) in [6, 6.07) is 5.45. The number of carbonyl (C=O) groups excluding carboxylic acids is 4.